The molecule has 5 nitrogen and oxygen atoms in total. The topological polar surface area (TPSA) is 69.6 Å². The minimum atomic E-state index is -1.36. The van der Waals surface area contributed by atoms with E-state index >= 15 is 0 Å². The van der Waals surface area contributed by atoms with Crippen LogP contribution >= 0.6 is 0 Å². The van der Waals surface area contributed by atoms with E-state index in [4.69, 9.17) is 5.11 Å². The Morgan fingerprint density at radius 3 is 2.33 bits per heavy atom. The Kier molecular flexibility index (Phi) is 5.14. The molecule has 1 amide bonds. The lowest BCUT2D eigenvalue weighted by molar-refractivity contribution is -0.153. The summed E-state index contributed by atoms with van der Waals surface area (Å²) in [5, 5.41) is 11.8. The van der Waals surface area contributed by atoms with Crippen LogP contribution in [-0.4, -0.2) is 47.6 Å². The molecular formula is C13H24N2O3. The highest BCUT2D eigenvalue weighted by atomic mass is 16.4. The molecular weight excluding hydrogens is 232 g/mol. The number of amides is 1. The van der Waals surface area contributed by atoms with Crippen LogP contribution in [0.4, 0.5) is 0 Å². The molecule has 104 valence electrons. The van der Waals surface area contributed by atoms with Crippen molar-refractivity contribution in [3.05, 3.63) is 0 Å². The minimum Gasteiger partial charge on any atom is -0.480 e. The van der Waals surface area contributed by atoms with Gasteiger partial charge < -0.3 is 15.3 Å². The number of nitrogens with one attached hydrogen (secondary N) is 1. The fraction of sp³-hybridized carbons (Fsp3) is 0.846. The van der Waals surface area contributed by atoms with E-state index in [9.17, 15) is 9.59 Å². The van der Waals surface area contributed by atoms with Gasteiger partial charge in [-0.25, -0.2) is 0 Å². The van der Waals surface area contributed by atoms with Crippen LogP contribution in [0, 0.1) is 5.41 Å². The van der Waals surface area contributed by atoms with Crippen LogP contribution in [-0.2, 0) is 9.59 Å². The van der Waals surface area contributed by atoms with Gasteiger partial charge >= 0.3 is 5.97 Å². The first-order valence-electron chi connectivity index (χ1n) is 6.60. The number of piperidine rings is 1. The number of carboxylic acid groups (broad SMARTS) is 1. The van der Waals surface area contributed by atoms with Gasteiger partial charge in [0, 0.05) is 12.6 Å². The first-order chi connectivity index (χ1) is 8.34. The second-order valence-corrected chi connectivity index (χ2v) is 5.67. The van der Waals surface area contributed by atoms with Gasteiger partial charge in [-0.2, -0.15) is 0 Å². The van der Waals surface area contributed by atoms with Crippen LogP contribution in [0.3, 0.4) is 0 Å². The number of hydrogen-bond donors (Lipinski definition) is 2. The van der Waals surface area contributed by atoms with Gasteiger partial charge in [-0.3, -0.25) is 9.59 Å². The average molecular weight is 256 g/mol. The smallest absolute Gasteiger partial charge is 0.318 e. The van der Waals surface area contributed by atoms with Gasteiger partial charge in [0.2, 0.25) is 5.91 Å². The Bertz CT molecular complexity index is 309. The zero-order valence-corrected chi connectivity index (χ0v) is 11.5. The van der Waals surface area contributed by atoms with Crippen molar-refractivity contribution < 1.29 is 14.7 Å². The second kappa shape index (κ2) is 6.18. The summed E-state index contributed by atoms with van der Waals surface area (Å²) in [6.07, 6.45) is 3.70. The molecule has 0 aromatic carbocycles. The van der Waals surface area contributed by atoms with Crippen molar-refractivity contribution in [2.24, 2.45) is 5.41 Å². The summed E-state index contributed by atoms with van der Waals surface area (Å²) in [7, 11) is 0. The van der Waals surface area contributed by atoms with E-state index in [1.807, 2.05) is 6.92 Å². The number of nitrogens with zero attached hydrogens (tertiary/aromatic N) is 1. The Balaban J connectivity index is 2.41. The summed E-state index contributed by atoms with van der Waals surface area (Å²) < 4.78 is 0. The predicted octanol–water partition coefficient (Wildman–Crippen LogP) is 1.09. The molecule has 0 aromatic heterocycles. The highest BCUT2D eigenvalue weighted by molar-refractivity contribution is 6.01. The van der Waals surface area contributed by atoms with Gasteiger partial charge in [-0.15, -0.1) is 0 Å². The van der Waals surface area contributed by atoms with E-state index in [0.29, 0.717) is 0 Å². The monoisotopic (exact) mass is 256 g/mol. The van der Waals surface area contributed by atoms with Gasteiger partial charge in [0.05, 0.1) is 0 Å². The summed E-state index contributed by atoms with van der Waals surface area (Å²) in [6.45, 7) is 7.72. The van der Waals surface area contributed by atoms with E-state index in [1.54, 1.807) is 0 Å². The van der Waals surface area contributed by atoms with E-state index < -0.39 is 17.3 Å². The van der Waals surface area contributed by atoms with E-state index in [-0.39, 0.29) is 6.04 Å². The number of carboxylic acids is 1. The van der Waals surface area contributed by atoms with E-state index in [2.05, 4.69) is 10.2 Å². The van der Waals surface area contributed by atoms with Gasteiger partial charge in [-0.05, 0) is 46.7 Å². The molecule has 1 rings (SSSR count). The number of likely N-dealkylation sites (tertiary alicyclic amines) is 1. The fourth-order valence-corrected chi connectivity index (χ4v) is 2.08. The molecule has 1 fully saturated rings. The molecule has 0 aromatic rings. The van der Waals surface area contributed by atoms with Crippen molar-refractivity contribution in [2.75, 3.05) is 19.6 Å². The summed E-state index contributed by atoms with van der Waals surface area (Å²) in [5.41, 5.74) is -1.36. The molecule has 0 radical (unpaired) electrons. The molecule has 1 aliphatic rings. The van der Waals surface area contributed by atoms with Crippen molar-refractivity contribution in [1.82, 2.24) is 10.2 Å². The Morgan fingerprint density at radius 1 is 1.28 bits per heavy atom. The Morgan fingerprint density at radius 2 is 1.83 bits per heavy atom. The molecule has 0 bridgehead atoms. The SMILES string of the molecule is CC(CN1CCCCC1)NC(=O)C(C)(C)C(=O)O. The fourth-order valence-electron chi connectivity index (χ4n) is 2.08. The number of aliphatic carboxylic acids is 1. The summed E-state index contributed by atoms with van der Waals surface area (Å²) in [4.78, 5) is 25.1. The van der Waals surface area contributed by atoms with Crippen LogP contribution in [0.5, 0.6) is 0 Å². The quantitative estimate of drug-likeness (QED) is 0.722. The van der Waals surface area contributed by atoms with Crippen molar-refractivity contribution in [1.29, 1.82) is 0 Å². The first kappa shape index (κ1) is 15.0. The molecule has 1 aliphatic heterocycles. The van der Waals surface area contributed by atoms with Crippen molar-refractivity contribution in [3.63, 3.8) is 0 Å². The van der Waals surface area contributed by atoms with Gasteiger partial charge in [-0.1, -0.05) is 6.42 Å². The number of hydrogen-bond acceptors (Lipinski definition) is 3. The molecule has 1 saturated heterocycles. The zero-order valence-electron chi connectivity index (χ0n) is 11.5. The van der Waals surface area contributed by atoms with Crippen LogP contribution < -0.4 is 5.32 Å². The molecule has 2 N–H and O–H groups in total. The number of carbonyl (C=O) groups is 2. The van der Waals surface area contributed by atoms with E-state index in [1.165, 1.54) is 33.1 Å². The van der Waals surface area contributed by atoms with Crippen LogP contribution in [0.25, 0.3) is 0 Å². The number of rotatable bonds is 5. The second-order valence-electron chi connectivity index (χ2n) is 5.67. The highest BCUT2D eigenvalue weighted by Crippen LogP contribution is 2.16. The molecule has 0 saturated carbocycles. The third kappa shape index (κ3) is 3.98. The maximum Gasteiger partial charge on any atom is 0.318 e. The molecule has 0 aliphatic carbocycles. The third-order valence-electron chi connectivity index (χ3n) is 3.46. The lowest BCUT2D eigenvalue weighted by atomic mass is 9.92. The van der Waals surface area contributed by atoms with Gasteiger partial charge in [0.15, 0.2) is 0 Å². The van der Waals surface area contributed by atoms with Gasteiger partial charge in [0.25, 0.3) is 0 Å². The molecule has 1 unspecified atom stereocenters. The zero-order chi connectivity index (χ0) is 13.8. The lowest BCUT2D eigenvalue weighted by Crippen LogP contribution is -2.49. The minimum absolute atomic E-state index is 0.0192. The van der Waals surface area contributed by atoms with E-state index in [0.717, 1.165) is 19.6 Å². The Hall–Kier alpha value is -1.10. The normalized spacial score (nSPS) is 19.3. The lowest BCUT2D eigenvalue weighted by Gasteiger charge is -2.30. The standard InChI is InChI=1S/C13H24N2O3/c1-10(9-15-7-5-4-6-8-15)14-11(16)13(2,3)12(17)18/h10H,4-9H2,1-3H3,(H,14,16)(H,17,18). The predicted molar refractivity (Wildman–Crippen MR) is 69.3 cm³/mol. The molecule has 18 heavy (non-hydrogen) atoms. The van der Waals surface area contributed by atoms with Crippen molar-refractivity contribution in [3.8, 4) is 0 Å². The first-order valence-corrected chi connectivity index (χ1v) is 6.60. The molecule has 0 spiro atoms. The largest absolute Gasteiger partial charge is 0.480 e. The van der Waals surface area contributed by atoms with Gasteiger partial charge in [0.1, 0.15) is 5.41 Å². The summed E-state index contributed by atoms with van der Waals surface area (Å²) in [6, 6.07) is -0.0192. The molecule has 5 heteroatoms. The highest BCUT2D eigenvalue weighted by Gasteiger charge is 2.36. The van der Waals surface area contributed by atoms with Crippen molar-refractivity contribution in [2.45, 2.75) is 46.1 Å². The van der Waals surface area contributed by atoms with Crippen molar-refractivity contribution >= 4 is 11.9 Å². The average Bonchev–Trinajstić information content (AvgIpc) is 2.29. The Labute approximate surface area is 109 Å². The van der Waals surface area contributed by atoms with Crippen LogP contribution in [0.2, 0.25) is 0 Å². The third-order valence-corrected chi connectivity index (χ3v) is 3.46. The molecule has 1 atom stereocenters. The van der Waals surface area contributed by atoms with Crippen LogP contribution in [0.15, 0.2) is 0 Å². The summed E-state index contributed by atoms with van der Waals surface area (Å²) >= 11 is 0. The summed E-state index contributed by atoms with van der Waals surface area (Å²) in [5.74, 6) is -1.51. The van der Waals surface area contributed by atoms with Crippen LogP contribution in [0.1, 0.15) is 40.0 Å². The number of carbonyl (C=O) groups excluding carboxylic acids is 1. The maximum atomic E-state index is 11.8. The molecule has 1 heterocycles. The maximum absolute atomic E-state index is 11.8.